The zero-order chi connectivity index (χ0) is 22.0. The number of rotatable bonds is 3. The van der Waals surface area contributed by atoms with Gasteiger partial charge < -0.3 is 9.80 Å². The highest BCUT2D eigenvalue weighted by Gasteiger charge is 2.24. The summed E-state index contributed by atoms with van der Waals surface area (Å²) in [5.41, 5.74) is 3.67. The lowest BCUT2D eigenvalue weighted by Crippen LogP contribution is -2.49. The molecule has 0 N–H and O–H groups in total. The smallest absolute Gasteiger partial charge is 0.253 e. The normalized spacial score (nSPS) is 14.6. The molecule has 6 heteroatoms. The number of amides is 1. The molecule has 0 saturated carbocycles. The molecule has 160 valence electrons. The van der Waals surface area contributed by atoms with Crippen molar-refractivity contribution in [2.24, 2.45) is 0 Å². The maximum absolute atomic E-state index is 12.9. The van der Waals surface area contributed by atoms with Crippen molar-refractivity contribution in [3.8, 4) is 11.3 Å². The van der Waals surface area contributed by atoms with E-state index in [0.29, 0.717) is 18.1 Å². The highest BCUT2D eigenvalue weighted by Crippen LogP contribution is 2.27. The molecule has 31 heavy (non-hydrogen) atoms. The van der Waals surface area contributed by atoms with E-state index < -0.39 is 0 Å². The zero-order valence-corrected chi connectivity index (χ0v) is 18.9. The molecule has 0 spiro atoms. The van der Waals surface area contributed by atoms with Crippen LogP contribution in [0.1, 0.15) is 36.7 Å². The van der Waals surface area contributed by atoms with Crippen molar-refractivity contribution < 1.29 is 4.79 Å². The van der Waals surface area contributed by atoms with Gasteiger partial charge in [-0.15, -0.1) is 10.2 Å². The third-order valence-electron chi connectivity index (χ3n) is 5.69. The summed E-state index contributed by atoms with van der Waals surface area (Å²) in [5.74, 6) is 0.901. The summed E-state index contributed by atoms with van der Waals surface area (Å²) in [6.45, 7) is 9.30. The van der Waals surface area contributed by atoms with Crippen LogP contribution < -0.4 is 4.90 Å². The van der Waals surface area contributed by atoms with Gasteiger partial charge in [0.05, 0.1) is 10.7 Å². The first-order valence-electron chi connectivity index (χ1n) is 10.6. The first kappa shape index (κ1) is 21.3. The Bertz CT molecular complexity index is 1050. The van der Waals surface area contributed by atoms with E-state index in [1.807, 2.05) is 53.4 Å². The lowest BCUT2D eigenvalue weighted by molar-refractivity contribution is 0.0746. The molecule has 0 radical (unpaired) electrons. The molecule has 1 saturated heterocycles. The van der Waals surface area contributed by atoms with Gasteiger partial charge in [-0.2, -0.15) is 0 Å². The number of carbonyl (C=O) groups excluding carboxylic acids is 1. The monoisotopic (exact) mass is 434 g/mol. The van der Waals surface area contributed by atoms with Crippen molar-refractivity contribution in [3.63, 3.8) is 0 Å². The van der Waals surface area contributed by atoms with Crippen LogP contribution in [0.4, 0.5) is 5.82 Å². The van der Waals surface area contributed by atoms with E-state index in [1.54, 1.807) is 0 Å². The average molecular weight is 435 g/mol. The second-order valence-electron chi connectivity index (χ2n) is 8.86. The molecule has 0 unspecified atom stereocenters. The van der Waals surface area contributed by atoms with E-state index in [1.165, 1.54) is 5.56 Å². The summed E-state index contributed by atoms with van der Waals surface area (Å²) in [6.07, 6.45) is 0. The Morgan fingerprint density at radius 3 is 2.13 bits per heavy atom. The van der Waals surface area contributed by atoms with Gasteiger partial charge >= 0.3 is 0 Å². The average Bonchev–Trinajstić information content (AvgIpc) is 2.79. The zero-order valence-electron chi connectivity index (χ0n) is 18.2. The molecular weight excluding hydrogens is 408 g/mol. The second kappa shape index (κ2) is 8.67. The molecule has 5 nitrogen and oxygen atoms in total. The van der Waals surface area contributed by atoms with Gasteiger partial charge in [-0.05, 0) is 41.3 Å². The number of carbonyl (C=O) groups is 1. The van der Waals surface area contributed by atoms with Gasteiger partial charge in [0.2, 0.25) is 0 Å². The van der Waals surface area contributed by atoms with Gasteiger partial charge in [-0.25, -0.2) is 0 Å². The molecular formula is C25H27ClN4O. The summed E-state index contributed by atoms with van der Waals surface area (Å²) >= 11 is 6.26. The largest absolute Gasteiger partial charge is 0.352 e. The summed E-state index contributed by atoms with van der Waals surface area (Å²) in [4.78, 5) is 17.0. The number of hydrogen-bond acceptors (Lipinski definition) is 4. The highest BCUT2D eigenvalue weighted by atomic mass is 35.5. The Hall–Kier alpha value is -2.92. The van der Waals surface area contributed by atoms with Crippen LogP contribution in [0.15, 0.2) is 60.7 Å². The lowest BCUT2D eigenvalue weighted by atomic mass is 9.86. The van der Waals surface area contributed by atoms with Crippen molar-refractivity contribution in [2.45, 2.75) is 26.2 Å². The number of nitrogens with zero attached hydrogens (tertiary/aromatic N) is 4. The third-order valence-corrected chi connectivity index (χ3v) is 6.02. The molecule has 1 aromatic heterocycles. The van der Waals surface area contributed by atoms with Gasteiger partial charge in [0.25, 0.3) is 5.91 Å². The summed E-state index contributed by atoms with van der Waals surface area (Å²) in [6, 6.07) is 19.5. The fraction of sp³-hybridized carbons (Fsp3) is 0.320. The molecule has 3 aromatic rings. The van der Waals surface area contributed by atoms with Crippen LogP contribution in [0, 0.1) is 0 Å². The Balaban J connectivity index is 1.38. The fourth-order valence-corrected chi connectivity index (χ4v) is 3.97. The van der Waals surface area contributed by atoms with Crippen LogP contribution in [0.25, 0.3) is 11.3 Å². The summed E-state index contributed by atoms with van der Waals surface area (Å²) in [5, 5.41) is 9.41. The maximum Gasteiger partial charge on any atom is 0.253 e. The molecule has 1 amide bonds. The fourth-order valence-electron chi connectivity index (χ4n) is 3.74. The molecule has 2 heterocycles. The summed E-state index contributed by atoms with van der Waals surface area (Å²) < 4.78 is 0. The molecule has 4 rings (SSSR count). The summed E-state index contributed by atoms with van der Waals surface area (Å²) in [7, 11) is 0. The number of anilines is 1. The van der Waals surface area contributed by atoms with Crippen molar-refractivity contribution in [3.05, 3.63) is 76.8 Å². The van der Waals surface area contributed by atoms with Crippen molar-refractivity contribution in [1.82, 2.24) is 15.1 Å². The van der Waals surface area contributed by atoms with Crippen molar-refractivity contribution >= 4 is 23.3 Å². The molecule has 1 aliphatic heterocycles. The minimum absolute atomic E-state index is 0.0790. The van der Waals surface area contributed by atoms with Crippen molar-refractivity contribution in [2.75, 3.05) is 31.1 Å². The Morgan fingerprint density at radius 1 is 0.871 bits per heavy atom. The first-order chi connectivity index (χ1) is 14.8. The van der Waals surface area contributed by atoms with Crippen molar-refractivity contribution in [1.29, 1.82) is 0 Å². The number of halogens is 1. The van der Waals surface area contributed by atoms with Crippen LogP contribution in [-0.2, 0) is 5.41 Å². The van der Waals surface area contributed by atoms with Crippen LogP contribution >= 0.6 is 11.6 Å². The lowest BCUT2D eigenvalue weighted by Gasteiger charge is -2.35. The first-order valence-corrected chi connectivity index (χ1v) is 10.9. The Kier molecular flexibility index (Phi) is 5.96. The molecule has 1 fully saturated rings. The third kappa shape index (κ3) is 4.72. The molecule has 0 aliphatic carbocycles. The predicted octanol–water partition coefficient (Wildman–Crippen LogP) is 5.06. The standard InChI is InChI=1S/C25H27ClN4O/c1-25(2,3)19-10-8-18(9-11-19)24(31)30-16-14-29(15-17-30)23-13-12-22(27-28-23)20-6-4-5-7-21(20)26/h4-13H,14-17H2,1-3H3. The van der Waals surface area contributed by atoms with Gasteiger partial charge in [-0.3, -0.25) is 4.79 Å². The van der Waals surface area contributed by atoms with Crippen LogP contribution in [0.5, 0.6) is 0 Å². The molecule has 0 bridgehead atoms. The quantitative estimate of drug-likeness (QED) is 0.578. The molecule has 1 aliphatic rings. The van der Waals surface area contributed by atoms with E-state index in [9.17, 15) is 4.79 Å². The highest BCUT2D eigenvalue weighted by molar-refractivity contribution is 6.33. The Morgan fingerprint density at radius 2 is 1.55 bits per heavy atom. The minimum atomic E-state index is 0.0790. The van der Waals surface area contributed by atoms with E-state index in [4.69, 9.17) is 11.6 Å². The second-order valence-corrected chi connectivity index (χ2v) is 9.27. The maximum atomic E-state index is 12.9. The van der Waals surface area contributed by atoms with Gasteiger partial charge in [0.1, 0.15) is 0 Å². The van der Waals surface area contributed by atoms with E-state index >= 15 is 0 Å². The van der Waals surface area contributed by atoms with Gasteiger partial charge in [-0.1, -0.05) is 62.7 Å². The number of benzene rings is 2. The van der Waals surface area contributed by atoms with E-state index in [-0.39, 0.29) is 11.3 Å². The van der Waals surface area contributed by atoms with Crippen LogP contribution in [-0.4, -0.2) is 47.2 Å². The number of piperazine rings is 1. The topological polar surface area (TPSA) is 49.3 Å². The number of aromatic nitrogens is 2. The van der Waals surface area contributed by atoms with E-state index in [0.717, 1.165) is 35.7 Å². The molecule has 2 aromatic carbocycles. The van der Waals surface area contributed by atoms with E-state index in [2.05, 4.69) is 48.0 Å². The number of hydrogen-bond donors (Lipinski definition) is 0. The Labute approximate surface area is 188 Å². The molecule has 0 atom stereocenters. The van der Waals surface area contributed by atoms with Gasteiger partial charge in [0.15, 0.2) is 5.82 Å². The van der Waals surface area contributed by atoms with Crippen LogP contribution in [0.2, 0.25) is 5.02 Å². The minimum Gasteiger partial charge on any atom is -0.352 e. The van der Waals surface area contributed by atoms with Crippen LogP contribution in [0.3, 0.4) is 0 Å². The SMILES string of the molecule is CC(C)(C)c1ccc(C(=O)N2CCN(c3ccc(-c4ccccc4Cl)nn3)CC2)cc1. The van der Waals surface area contributed by atoms with Gasteiger partial charge in [0, 0.05) is 37.3 Å². The predicted molar refractivity (Wildman–Crippen MR) is 126 cm³/mol.